The van der Waals surface area contributed by atoms with E-state index < -0.39 is 5.97 Å². The zero-order valence-electron chi connectivity index (χ0n) is 9.92. The predicted molar refractivity (Wildman–Crippen MR) is 65.2 cm³/mol. The lowest BCUT2D eigenvalue weighted by Crippen LogP contribution is -2.07. The molecule has 0 aliphatic carbocycles. The maximum atomic E-state index is 12.8. The lowest BCUT2D eigenvalue weighted by atomic mass is 10.2. The fourth-order valence-electron chi connectivity index (χ4n) is 1.40. The summed E-state index contributed by atoms with van der Waals surface area (Å²) in [5.41, 5.74) is 0.416. The molecule has 6 nitrogen and oxygen atoms in total. The highest BCUT2D eigenvalue weighted by Crippen LogP contribution is 2.21. The van der Waals surface area contributed by atoms with E-state index in [1.807, 2.05) is 0 Å². The van der Waals surface area contributed by atoms with E-state index in [4.69, 9.17) is 9.84 Å². The normalized spacial score (nSPS) is 10.0. The monoisotopic (exact) mass is 263 g/mol. The number of nitrogens with zero attached hydrogens (tertiary/aromatic N) is 2. The van der Waals surface area contributed by atoms with Gasteiger partial charge in [0.2, 0.25) is 5.88 Å². The Morgan fingerprint density at radius 2 is 2.00 bits per heavy atom. The summed E-state index contributed by atoms with van der Waals surface area (Å²) in [6, 6.07) is 6.68. The summed E-state index contributed by atoms with van der Waals surface area (Å²) in [4.78, 5) is 11.1. The molecule has 2 rings (SSSR count). The van der Waals surface area contributed by atoms with E-state index in [9.17, 15) is 9.18 Å². The number of anilines is 2. The van der Waals surface area contributed by atoms with Crippen molar-refractivity contribution in [1.82, 2.24) is 10.2 Å². The number of benzene rings is 1. The van der Waals surface area contributed by atoms with Crippen LogP contribution in [0, 0.1) is 5.82 Å². The van der Waals surface area contributed by atoms with Crippen LogP contribution >= 0.6 is 0 Å². The van der Waals surface area contributed by atoms with Gasteiger partial charge < -0.3 is 15.2 Å². The number of nitrogens with one attached hydrogen (secondary N) is 1. The summed E-state index contributed by atoms with van der Waals surface area (Å²) < 4.78 is 17.6. The molecule has 0 aliphatic rings. The van der Waals surface area contributed by atoms with Crippen LogP contribution in [0.3, 0.4) is 0 Å². The summed E-state index contributed by atoms with van der Waals surface area (Å²) in [5.74, 6) is -1.40. The molecule has 1 aromatic carbocycles. The zero-order valence-corrected chi connectivity index (χ0v) is 9.92. The third-order valence-electron chi connectivity index (χ3n) is 2.32. The Morgan fingerprint density at radius 3 is 2.58 bits per heavy atom. The average Bonchev–Trinajstić information content (AvgIpc) is 2.41. The van der Waals surface area contributed by atoms with E-state index in [-0.39, 0.29) is 23.1 Å². The second-order valence-electron chi connectivity index (χ2n) is 3.59. The van der Waals surface area contributed by atoms with Crippen LogP contribution in [0.4, 0.5) is 15.9 Å². The Labute approximate surface area is 107 Å². The van der Waals surface area contributed by atoms with Crippen molar-refractivity contribution in [3.63, 3.8) is 0 Å². The molecule has 2 N–H and O–H groups in total. The van der Waals surface area contributed by atoms with E-state index >= 15 is 0 Å². The first-order valence-corrected chi connectivity index (χ1v) is 5.28. The van der Waals surface area contributed by atoms with Gasteiger partial charge in [0.25, 0.3) is 0 Å². The SMILES string of the molecule is COc1cc(C(=O)O)c(Nc2ccc(F)cc2)nn1. The number of hydrogen-bond acceptors (Lipinski definition) is 5. The molecule has 0 fully saturated rings. The number of hydrogen-bond donors (Lipinski definition) is 2. The van der Waals surface area contributed by atoms with Gasteiger partial charge in [0.15, 0.2) is 5.82 Å². The van der Waals surface area contributed by atoms with Crippen LogP contribution in [0.2, 0.25) is 0 Å². The molecule has 0 spiro atoms. The van der Waals surface area contributed by atoms with E-state index in [2.05, 4.69) is 15.5 Å². The molecule has 1 aromatic heterocycles. The Kier molecular flexibility index (Phi) is 3.56. The first kappa shape index (κ1) is 12.7. The van der Waals surface area contributed by atoms with Crippen LogP contribution in [0.5, 0.6) is 5.88 Å². The number of carboxylic acid groups (broad SMARTS) is 1. The van der Waals surface area contributed by atoms with Crippen molar-refractivity contribution in [2.75, 3.05) is 12.4 Å². The van der Waals surface area contributed by atoms with E-state index in [0.717, 1.165) is 0 Å². The van der Waals surface area contributed by atoms with Gasteiger partial charge in [-0.05, 0) is 24.3 Å². The Hall–Kier alpha value is -2.70. The Balaban J connectivity index is 2.33. The minimum absolute atomic E-state index is 0.0555. The molecule has 0 saturated heterocycles. The second kappa shape index (κ2) is 5.30. The molecule has 0 unspecified atom stereocenters. The number of carboxylic acids is 1. The van der Waals surface area contributed by atoms with E-state index in [0.29, 0.717) is 5.69 Å². The summed E-state index contributed by atoms with van der Waals surface area (Å²) in [6.45, 7) is 0. The van der Waals surface area contributed by atoms with Crippen LogP contribution in [0.1, 0.15) is 10.4 Å². The van der Waals surface area contributed by atoms with Crippen molar-refractivity contribution >= 4 is 17.5 Å². The topological polar surface area (TPSA) is 84.3 Å². The molecule has 0 radical (unpaired) electrons. The second-order valence-corrected chi connectivity index (χ2v) is 3.59. The molecular formula is C12H10FN3O3. The smallest absolute Gasteiger partial charge is 0.339 e. The lowest BCUT2D eigenvalue weighted by molar-refractivity contribution is 0.0697. The molecule has 0 saturated carbocycles. The molecule has 0 aliphatic heterocycles. The van der Waals surface area contributed by atoms with Crippen LogP contribution in [0.25, 0.3) is 0 Å². The zero-order chi connectivity index (χ0) is 13.8. The lowest BCUT2D eigenvalue weighted by Gasteiger charge is -2.08. The van der Waals surface area contributed by atoms with Gasteiger partial charge in [0.1, 0.15) is 11.4 Å². The van der Waals surface area contributed by atoms with Gasteiger partial charge in [-0.25, -0.2) is 9.18 Å². The van der Waals surface area contributed by atoms with Crippen molar-refractivity contribution in [3.05, 3.63) is 41.7 Å². The number of aromatic nitrogens is 2. The first-order valence-electron chi connectivity index (χ1n) is 5.28. The van der Waals surface area contributed by atoms with Crippen molar-refractivity contribution in [2.24, 2.45) is 0 Å². The Morgan fingerprint density at radius 1 is 1.32 bits per heavy atom. The number of carbonyl (C=O) groups is 1. The molecule has 1 heterocycles. The highest BCUT2D eigenvalue weighted by molar-refractivity contribution is 5.94. The van der Waals surface area contributed by atoms with Crippen LogP contribution < -0.4 is 10.1 Å². The quantitative estimate of drug-likeness (QED) is 0.878. The van der Waals surface area contributed by atoms with Gasteiger partial charge >= 0.3 is 5.97 Å². The average molecular weight is 263 g/mol. The molecule has 0 atom stereocenters. The third-order valence-corrected chi connectivity index (χ3v) is 2.32. The summed E-state index contributed by atoms with van der Waals surface area (Å²) in [5, 5.41) is 19.2. The van der Waals surface area contributed by atoms with E-state index in [1.54, 1.807) is 0 Å². The minimum atomic E-state index is -1.17. The van der Waals surface area contributed by atoms with Gasteiger partial charge in [-0.3, -0.25) is 0 Å². The van der Waals surface area contributed by atoms with Crippen molar-refractivity contribution in [3.8, 4) is 5.88 Å². The number of aromatic carboxylic acids is 1. The first-order chi connectivity index (χ1) is 9.10. The molecule has 98 valence electrons. The van der Waals surface area contributed by atoms with Crippen LogP contribution in [-0.4, -0.2) is 28.4 Å². The van der Waals surface area contributed by atoms with Crippen molar-refractivity contribution in [2.45, 2.75) is 0 Å². The number of methoxy groups -OCH3 is 1. The Bertz CT molecular complexity index is 602. The number of rotatable bonds is 4. The van der Waals surface area contributed by atoms with Gasteiger partial charge in [0.05, 0.1) is 7.11 Å². The summed E-state index contributed by atoms with van der Waals surface area (Å²) in [6.07, 6.45) is 0. The van der Waals surface area contributed by atoms with Crippen LogP contribution in [0.15, 0.2) is 30.3 Å². The molecule has 2 aromatic rings. The van der Waals surface area contributed by atoms with E-state index in [1.165, 1.54) is 37.4 Å². The van der Waals surface area contributed by atoms with Gasteiger partial charge in [-0.2, -0.15) is 0 Å². The van der Waals surface area contributed by atoms with Crippen LogP contribution in [-0.2, 0) is 0 Å². The molecular weight excluding hydrogens is 253 g/mol. The van der Waals surface area contributed by atoms with Crippen molar-refractivity contribution < 1.29 is 19.0 Å². The fourth-order valence-corrected chi connectivity index (χ4v) is 1.40. The van der Waals surface area contributed by atoms with Crippen molar-refractivity contribution in [1.29, 1.82) is 0 Å². The highest BCUT2D eigenvalue weighted by Gasteiger charge is 2.14. The molecule has 7 heteroatoms. The largest absolute Gasteiger partial charge is 0.480 e. The summed E-state index contributed by atoms with van der Waals surface area (Å²) >= 11 is 0. The maximum absolute atomic E-state index is 12.8. The highest BCUT2D eigenvalue weighted by atomic mass is 19.1. The van der Waals surface area contributed by atoms with Gasteiger partial charge in [-0.15, -0.1) is 10.2 Å². The molecule has 0 bridgehead atoms. The number of ether oxygens (including phenoxy) is 1. The minimum Gasteiger partial charge on any atom is -0.480 e. The standard InChI is InChI=1S/C12H10FN3O3/c1-19-10-6-9(12(17)18)11(16-15-10)14-8-4-2-7(13)3-5-8/h2-6H,1H3,(H,14,16)(H,17,18). The number of halogens is 1. The third kappa shape index (κ3) is 2.95. The van der Waals surface area contributed by atoms with Gasteiger partial charge in [0, 0.05) is 11.8 Å². The summed E-state index contributed by atoms with van der Waals surface area (Å²) in [7, 11) is 1.36. The fraction of sp³-hybridized carbons (Fsp3) is 0.0833. The molecule has 0 amide bonds. The predicted octanol–water partition coefficient (Wildman–Crippen LogP) is 2.07. The maximum Gasteiger partial charge on any atom is 0.339 e. The molecule has 19 heavy (non-hydrogen) atoms. The van der Waals surface area contributed by atoms with Gasteiger partial charge in [-0.1, -0.05) is 0 Å².